The lowest BCUT2D eigenvalue weighted by Crippen LogP contribution is -2.52. The first-order valence-electron chi connectivity index (χ1n) is 8.91. The van der Waals surface area contributed by atoms with Crippen LogP contribution in [-0.2, 0) is 16.0 Å². The number of methoxy groups -OCH3 is 1. The van der Waals surface area contributed by atoms with Gasteiger partial charge in [-0.2, -0.15) is 0 Å². The van der Waals surface area contributed by atoms with Gasteiger partial charge < -0.3 is 9.64 Å². The van der Waals surface area contributed by atoms with Crippen molar-refractivity contribution in [1.29, 1.82) is 0 Å². The molecule has 0 saturated carbocycles. The minimum Gasteiger partial charge on any atom is -0.465 e. The van der Waals surface area contributed by atoms with Crippen LogP contribution in [0.3, 0.4) is 0 Å². The molecular weight excluding hydrogens is 328 g/mol. The van der Waals surface area contributed by atoms with E-state index >= 15 is 0 Å². The van der Waals surface area contributed by atoms with E-state index in [1.807, 2.05) is 29.2 Å². The van der Waals surface area contributed by atoms with Crippen LogP contribution >= 0.6 is 0 Å². The molecule has 0 bridgehead atoms. The van der Waals surface area contributed by atoms with Gasteiger partial charge in [0.2, 0.25) is 5.91 Å². The van der Waals surface area contributed by atoms with Crippen LogP contribution < -0.4 is 9.80 Å². The second kappa shape index (κ2) is 6.16. The van der Waals surface area contributed by atoms with E-state index < -0.39 is 0 Å². The molecule has 5 heteroatoms. The number of carbonyl (C=O) groups is 2. The molecule has 0 aromatic heterocycles. The van der Waals surface area contributed by atoms with Gasteiger partial charge in [-0.1, -0.05) is 30.3 Å². The van der Waals surface area contributed by atoms with Crippen LogP contribution in [0.15, 0.2) is 48.5 Å². The molecule has 1 amide bonds. The highest BCUT2D eigenvalue weighted by molar-refractivity contribution is 6.06. The topological polar surface area (TPSA) is 49.9 Å². The molecule has 0 radical (unpaired) electrons. The molecule has 2 aromatic carbocycles. The summed E-state index contributed by atoms with van der Waals surface area (Å²) in [6.45, 7) is 2.93. The number of ether oxygens (including phenoxy) is 1. The van der Waals surface area contributed by atoms with Crippen molar-refractivity contribution < 1.29 is 14.3 Å². The average Bonchev–Trinajstić information content (AvgIpc) is 3.10. The smallest absolute Gasteiger partial charge is 0.337 e. The third-order valence-electron chi connectivity index (χ3n) is 5.52. The Morgan fingerprint density at radius 1 is 1.15 bits per heavy atom. The maximum Gasteiger partial charge on any atom is 0.337 e. The summed E-state index contributed by atoms with van der Waals surface area (Å²) >= 11 is 0. The normalized spacial score (nSPS) is 20.9. The number of hydrogen-bond acceptors (Lipinski definition) is 4. The minimum atomic E-state index is -0.385. The summed E-state index contributed by atoms with van der Waals surface area (Å²) in [6.07, 6.45) is 2.21. The SMILES string of the molecule is COC(=O)c1ccc2c(c1)N1C(=O)CCC1(C)N2CCc1ccccc1. The summed E-state index contributed by atoms with van der Waals surface area (Å²) in [7, 11) is 1.37. The zero-order chi connectivity index (χ0) is 18.3. The predicted molar refractivity (Wildman–Crippen MR) is 100 cm³/mol. The molecule has 2 heterocycles. The van der Waals surface area contributed by atoms with Crippen molar-refractivity contribution in [1.82, 2.24) is 0 Å². The van der Waals surface area contributed by atoms with E-state index in [0.29, 0.717) is 12.0 Å². The van der Waals surface area contributed by atoms with Crippen molar-refractivity contribution in [3.8, 4) is 0 Å². The van der Waals surface area contributed by atoms with Crippen molar-refractivity contribution in [2.75, 3.05) is 23.5 Å². The van der Waals surface area contributed by atoms with Gasteiger partial charge >= 0.3 is 5.97 Å². The van der Waals surface area contributed by atoms with Gasteiger partial charge in [0, 0.05) is 13.0 Å². The lowest BCUT2D eigenvalue weighted by atomic mass is 10.1. The van der Waals surface area contributed by atoms with Crippen LogP contribution in [0.1, 0.15) is 35.7 Å². The Kier molecular flexibility index (Phi) is 3.94. The number of anilines is 2. The van der Waals surface area contributed by atoms with Crippen LogP contribution in [0.5, 0.6) is 0 Å². The van der Waals surface area contributed by atoms with Gasteiger partial charge in [0.1, 0.15) is 5.66 Å². The summed E-state index contributed by atoms with van der Waals surface area (Å²) in [5.74, 6) is -0.276. The summed E-state index contributed by atoms with van der Waals surface area (Å²) in [5.41, 5.74) is 3.18. The van der Waals surface area contributed by atoms with Gasteiger partial charge in [0.25, 0.3) is 0 Å². The van der Waals surface area contributed by atoms with Crippen molar-refractivity contribution >= 4 is 23.3 Å². The molecule has 4 rings (SSSR count). The molecule has 2 aliphatic rings. The Balaban J connectivity index is 1.71. The lowest BCUT2D eigenvalue weighted by Gasteiger charge is -2.37. The molecule has 1 unspecified atom stereocenters. The zero-order valence-electron chi connectivity index (χ0n) is 15.1. The summed E-state index contributed by atoms with van der Waals surface area (Å²) in [6, 6.07) is 15.8. The van der Waals surface area contributed by atoms with Crippen LogP contribution in [0, 0.1) is 0 Å². The maximum atomic E-state index is 12.6. The van der Waals surface area contributed by atoms with Gasteiger partial charge in [-0.3, -0.25) is 9.69 Å². The first-order valence-corrected chi connectivity index (χ1v) is 8.91. The van der Waals surface area contributed by atoms with Gasteiger partial charge in [-0.05, 0) is 43.5 Å². The van der Waals surface area contributed by atoms with Crippen molar-refractivity contribution in [2.45, 2.75) is 31.8 Å². The van der Waals surface area contributed by atoms with Gasteiger partial charge in [0.05, 0.1) is 24.0 Å². The monoisotopic (exact) mass is 350 g/mol. The molecule has 1 atom stereocenters. The molecule has 2 aromatic rings. The second-order valence-corrected chi connectivity index (χ2v) is 7.03. The fourth-order valence-electron chi connectivity index (χ4n) is 4.17. The largest absolute Gasteiger partial charge is 0.465 e. The first-order chi connectivity index (χ1) is 12.5. The van der Waals surface area contributed by atoms with Crippen LogP contribution in [-0.4, -0.2) is 31.2 Å². The highest BCUT2D eigenvalue weighted by atomic mass is 16.5. The zero-order valence-corrected chi connectivity index (χ0v) is 15.1. The summed E-state index contributed by atoms with van der Waals surface area (Å²) in [4.78, 5) is 28.7. The number of fused-ring (bicyclic) bond motifs is 3. The van der Waals surface area contributed by atoms with E-state index in [9.17, 15) is 9.59 Å². The average molecular weight is 350 g/mol. The summed E-state index contributed by atoms with van der Waals surface area (Å²) < 4.78 is 4.84. The standard InChI is InChI=1S/C21H22N2O3/c1-21-12-10-19(24)23(21)18-14-16(20(25)26-2)8-9-17(18)22(21)13-11-15-6-4-3-5-7-15/h3-9,14H,10-13H2,1-2H3. The number of amides is 1. The molecule has 0 spiro atoms. The third-order valence-corrected chi connectivity index (χ3v) is 5.52. The Morgan fingerprint density at radius 3 is 2.65 bits per heavy atom. The predicted octanol–water partition coefficient (Wildman–Crippen LogP) is 3.38. The van der Waals surface area contributed by atoms with E-state index in [4.69, 9.17) is 4.74 Å². The highest BCUT2D eigenvalue weighted by Crippen LogP contribution is 2.50. The van der Waals surface area contributed by atoms with E-state index in [0.717, 1.165) is 30.8 Å². The highest BCUT2D eigenvalue weighted by Gasteiger charge is 2.52. The van der Waals surface area contributed by atoms with E-state index in [-0.39, 0.29) is 17.5 Å². The number of carbonyl (C=O) groups excluding carboxylic acids is 2. The first kappa shape index (κ1) is 16.6. The molecule has 1 fully saturated rings. The maximum absolute atomic E-state index is 12.6. The molecule has 2 aliphatic heterocycles. The number of rotatable bonds is 4. The molecular formula is C21H22N2O3. The molecule has 0 aliphatic carbocycles. The number of nitrogens with zero attached hydrogens (tertiary/aromatic N) is 2. The van der Waals surface area contributed by atoms with Crippen LogP contribution in [0.4, 0.5) is 11.4 Å². The fourth-order valence-corrected chi connectivity index (χ4v) is 4.17. The minimum absolute atomic E-state index is 0.109. The molecule has 26 heavy (non-hydrogen) atoms. The third kappa shape index (κ3) is 2.46. The number of benzene rings is 2. The van der Waals surface area contributed by atoms with Gasteiger partial charge in [-0.15, -0.1) is 0 Å². The molecule has 1 saturated heterocycles. The van der Waals surface area contributed by atoms with E-state index in [1.165, 1.54) is 12.7 Å². The van der Waals surface area contributed by atoms with Crippen molar-refractivity contribution in [3.05, 3.63) is 59.7 Å². The molecule has 0 N–H and O–H groups in total. The Bertz CT molecular complexity index is 865. The summed E-state index contributed by atoms with van der Waals surface area (Å²) in [5, 5.41) is 0. The Hall–Kier alpha value is -2.82. The lowest BCUT2D eigenvalue weighted by molar-refractivity contribution is -0.117. The number of hydrogen-bond donors (Lipinski definition) is 0. The molecule has 5 nitrogen and oxygen atoms in total. The van der Waals surface area contributed by atoms with E-state index in [1.54, 1.807) is 12.1 Å². The Morgan fingerprint density at radius 2 is 1.92 bits per heavy atom. The van der Waals surface area contributed by atoms with Gasteiger partial charge in [0.15, 0.2) is 0 Å². The van der Waals surface area contributed by atoms with Crippen molar-refractivity contribution in [2.24, 2.45) is 0 Å². The second-order valence-electron chi connectivity index (χ2n) is 7.03. The van der Waals surface area contributed by atoms with Crippen molar-refractivity contribution in [3.63, 3.8) is 0 Å². The number of esters is 1. The fraction of sp³-hybridized carbons (Fsp3) is 0.333. The van der Waals surface area contributed by atoms with Crippen LogP contribution in [0.2, 0.25) is 0 Å². The Labute approximate surface area is 153 Å². The van der Waals surface area contributed by atoms with Crippen LogP contribution in [0.25, 0.3) is 0 Å². The van der Waals surface area contributed by atoms with E-state index in [2.05, 4.69) is 24.0 Å². The van der Waals surface area contributed by atoms with Gasteiger partial charge in [-0.25, -0.2) is 4.79 Å². The quantitative estimate of drug-likeness (QED) is 0.793. The molecule has 134 valence electrons.